The van der Waals surface area contributed by atoms with Gasteiger partial charge >= 0.3 is 0 Å². The summed E-state index contributed by atoms with van der Waals surface area (Å²) in [5.41, 5.74) is 9.25. The molecule has 1 heterocycles. The van der Waals surface area contributed by atoms with Crippen molar-refractivity contribution >= 4 is 28.5 Å². The molecular formula is C17H16N4O2S. The lowest BCUT2D eigenvalue weighted by atomic mass is 10.2. The number of anilines is 2. The summed E-state index contributed by atoms with van der Waals surface area (Å²) in [6, 6.07) is 15.0. The summed E-state index contributed by atoms with van der Waals surface area (Å²) >= 11 is 1.39. The van der Waals surface area contributed by atoms with E-state index in [9.17, 15) is 0 Å². The summed E-state index contributed by atoms with van der Waals surface area (Å²) < 4.78 is 11.1. The average Bonchev–Trinajstić information content (AvgIpc) is 3.02. The van der Waals surface area contributed by atoms with Gasteiger partial charge in [0.05, 0.1) is 13.3 Å². The zero-order valence-corrected chi connectivity index (χ0v) is 13.8. The van der Waals surface area contributed by atoms with Crippen LogP contribution < -0.4 is 20.6 Å². The van der Waals surface area contributed by atoms with Crippen molar-refractivity contribution in [2.75, 3.05) is 18.3 Å². The number of benzene rings is 2. The molecule has 0 aliphatic heterocycles. The number of aromatic nitrogens is 1. The standard InChI is InChI=1S/C17H16N4O2S/c1-22-13-6-4-7-14(9-13)23-15-8-3-2-5-12(15)10-19-21-17-20-16(18)11-24-17/h2-11H,18H2,1H3,(H,20,21). The van der Waals surface area contributed by atoms with Gasteiger partial charge in [-0.3, -0.25) is 5.43 Å². The highest BCUT2D eigenvalue weighted by Crippen LogP contribution is 2.27. The number of nitrogen functional groups attached to an aromatic ring is 1. The molecule has 0 fully saturated rings. The van der Waals surface area contributed by atoms with E-state index in [2.05, 4.69) is 15.5 Å². The number of para-hydroxylation sites is 1. The Morgan fingerprint density at radius 1 is 1.17 bits per heavy atom. The molecule has 3 N–H and O–H groups in total. The number of hydrogen-bond acceptors (Lipinski definition) is 7. The molecule has 0 aliphatic rings. The van der Waals surface area contributed by atoms with Crippen molar-refractivity contribution < 1.29 is 9.47 Å². The maximum Gasteiger partial charge on any atom is 0.205 e. The van der Waals surface area contributed by atoms with Crippen molar-refractivity contribution in [3.63, 3.8) is 0 Å². The van der Waals surface area contributed by atoms with E-state index in [1.807, 2.05) is 48.5 Å². The molecule has 0 radical (unpaired) electrons. The van der Waals surface area contributed by atoms with Crippen molar-refractivity contribution in [1.29, 1.82) is 0 Å². The molecule has 0 atom stereocenters. The van der Waals surface area contributed by atoms with E-state index >= 15 is 0 Å². The summed E-state index contributed by atoms with van der Waals surface area (Å²) in [7, 11) is 1.62. The number of nitrogens with two attached hydrogens (primary N) is 1. The number of thiazole rings is 1. The third-order valence-corrected chi connectivity index (χ3v) is 3.84. The molecule has 7 heteroatoms. The molecule has 24 heavy (non-hydrogen) atoms. The van der Waals surface area contributed by atoms with Crippen LogP contribution in [0.2, 0.25) is 0 Å². The number of rotatable bonds is 6. The molecule has 0 saturated heterocycles. The molecule has 2 aromatic carbocycles. The Balaban J connectivity index is 1.74. The summed E-state index contributed by atoms with van der Waals surface area (Å²) in [5, 5.41) is 6.56. The van der Waals surface area contributed by atoms with Gasteiger partial charge in [-0.05, 0) is 24.3 Å². The summed E-state index contributed by atoms with van der Waals surface area (Å²) in [6.07, 6.45) is 1.67. The van der Waals surface area contributed by atoms with E-state index in [1.54, 1.807) is 18.7 Å². The monoisotopic (exact) mass is 340 g/mol. The smallest absolute Gasteiger partial charge is 0.205 e. The highest BCUT2D eigenvalue weighted by atomic mass is 32.1. The molecule has 0 saturated carbocycles. The van der Waals surface area contributed by atoms with Crippen LogP contribution in [0.3, 0.4) is 0 Å². The lowest BCUT2D eigenvalue weighted by molar-refractivity contribution is 0.409. The Morgan fingerprint density at radius 2 is 2.00 bits per heavy atom. The molecule has 1 aromatic heterocycles. The van der Waals surface area contributed by atoms with E-state index < -0.39 is 0 Å². The van der Waals surface area contributed by atoms with Crippen LogP contribution >= 0.6 is 11.3 Å². The Kier molecular flexibility index (Phi) is 4.93. The predicted octanol–water partition coefficient (Wildman–Crippen LogP) is 3.97. The maximum atomic E-state index is 5.93. The quantitative estimate of drug-likeness (QED) is 0.524. The fourth-order valence-corrected chi connectivity index (χ4v) is 2.51. The van der Waals surface area contributed by atoms with Crippen LogP contribution in [0.5, 0.6) is 17.2 Å². The van der Waals surface area contributed by atoms with Crippen LogP contribution in [0.4, 0.5) is 10.9 Å². The third-order valence-electron chi connectivity index (χ3n) is 3.07. The van der Waals surface area contributed by atoms with E-state index in [0.29, 0.717) is 22.4 Å². The topological polar surface area (TPSA) is 81.8 Å². The van der Waals surface area contributed by atoms with E-state index in [-0.39, 0.29) is 0 Å². The SMILES string of the molecule is COc1cccc(Oc2ccccc2C=NNc2nc(N)cs2)c1. The number of hydrazone groups is 1. The lowest BCUT2D eigenvalue weighted by Crippen LogP contribution is -1.94. The van der Waals surface area contributed by atoms with Crippen LogP contribution in [0, 0.1) is 0 Å². The predicted molar refractivity (Wildman–Crippen MR) is 97.3 cm³/mol. The van der Waals surface area contributed by atoms with Crippen LogP contribution in [0.15, 0.2) is 59.0 Å². The number of hydrogen-bond donors (Lipinski definition) is 2. The van der Waals surface area contributed by atoms with Gasteiger partial charge in [-0.15, -0.1) is 11.3 Å². The van der Waals surface area contributed by atoms with Crippen molar-refractivity contribution in [1.82, 2.24) is 4.98 Å². The first kappa shape index (κ1) is 15.8. The van der Waals surface area contributed by atoms with Gasteiger partial charge in [0.15, 0.2) is 0 Å². The van der Waals surface area contributed by atoms with E-state index in [4.69, 9.17) is 15.2 Å². The molecule has 0 aliphatic carbocycles. The van der Waals surface area contributed by atoms with Gasteiger partial charge in [-0.25, -0.2) is 4.98 Å². The Bertz CT molecular complexity index is 848. The van der Waals surface area contributed by atoms with Gasteiger partial charge in [-0.2, -0.15) is 5.10 Å². The second kappa shape index (κ2) is 7.47. The number of nitrogens with one attached hydrogen (secondary N) is 1. The van der Waals surface area contributed by atoms with Crippen molar-refractivity contribution in [3.8, 4) is 17.2 Å². The van der Waals surface area contributed by atoms with Gasteiger partial charge < -0.3 is 15.2 Å². The Hall–Kier alpha value is -3.06. The molecule has 122 valence electrons. The van der Waals surface area contributed by atoms with Crippen LogP contribution in [-0.2, 0) is 0 Å². The summed E-state index contributed by atoms with van der Waals surface area (Å²) in [5.74, 6) is 2.59. The third kappa shape index (κ3) is 4.02. The maximum absolute atomic E-state index is 5.93. The molecular weight excluding hydrogens is 324 g/mol. The van der Waals surface area contributed by atoms with E-state index in [0.717, 1.165) is 11.3 Å². The van der Waals surface area contributed by atoms with Gasteiger partial charge in [0, 0.05) is 17.0 Å². The molecule has 3 aromatic rings. The molecule has 6 nitrogen and oxygen atoms in total. The van der Waals surface area contributed by atoms with Gasteiger partial charge in [0.25, 0.3) is 0 Å². The number of ether oxygens (including phenoxy) is 2. The first-order valence-corrected chi connectivity index (χ1v) is 8.03. The lowest BCUT2D eigenvalue weighted by Gasteiger charge is -2.09. The van der Waals surface area contributed by atoms with E-state index in [1.165, 1.54) is 11.3 Å². The Morgan fingerprint density at radius 3 is 2.79 bits per heavy atom. The molecule has 0 unspecified atom stereocenters. The van der Waals surface area contributed by atoms with Gasteiger partial charge in [-0.1, -0.05) is 18.2 Å². The second-order valence-corrected chi connectivity index (χ2v) is 5.62. The fraction of sp³-hybridized carbons (Fsp3) is 0.0588. The first-order valence-electron chi connectivity index (χ1n) is 7.15. The molecule has 0 bridgehead atoms. The molecule has 0 spiro atoms. The minimum Gasteiger partial charge on any atom is -0.497 e. The highest BCUT2D eigenvalue weighted by Gasteiger charge is 2.04. The van der Waals surface area contributed by atoms with Crippen LogP contribution in [0.25, 0.3) is 0 Å². The fourth-order valence-electron chi connectivity index (χ4n) is 1.97. The van der Waals surface area contributed by atoms with Crippen LogP contribution in [-0.4, -0.2) is 18.3 Å². The zero-order valence-electron chi connectivity index (χ0n) is 13.0. The van der Waals surface area contributed by atoms with Crippen molar-refractivity contribution in [2.24, 2.45) is 5.10 Å². The minimum atomic E-state index is 0.472. The normalized spacial score (nSPS) is 10.7. The largest absolute Gasteiger partial charge is 0.497 e. The second-order valence-electron chi connectivity index (χ2n) is 4.77. The Labute approximate surface area is 143 Å². The van der Waals surface area contributed by atoms with Crippen LogP contribution in [0.1, 0.15) is 5.56 Å². The number of nitrogens with zero attached hydrogens (tertiary/aromatic N) is 2. The zero-order chi connectivity index (χ0) is 16.8. The minimum absolute atomic E-state index is 0.472. The van der Waals surface area contributed by atoms with Crippen molar-refractivity contribution in [3.05, 3.63) is 59.5 Å². The van der Waals surface area contributed by atoms with Gasteiger partial charge in [0.1, 0.15) is 23.1 Å². The van der Waals surface area contributed by atoms with Gasteiger partial charge in [0.2, 0.25) is 5.13 Å². The first-order chi connectivity index (χ1) is 11.7. The highest BCUT2D eigenvalue weighted by molar-refractivity contribution is 7.14. The molecule has 3 rings (SSSR count). The van der Waals surface area contributed by atoms with Crippen molar-refractivity contribution in [2.45, 2.75) is 0 Å². The number of methoxy groups -OCH3 is 1. The molecule has 0 amide bonds. The summed E-state index contributed by atoms with van der Waals surface area (Å²) in [4.78, 5) is 4.08. The summed E-state index contributed by atoms with van der Waals surface area (Å²) in [6.45, 7) is 0. The average molecular weight is 340 g/mol.